The molecule has 0 fully saturated rings. The number of rotatable bonds is 1. The largest absolute Gasteiger partial charge is 0.399 e. The molecule has 1 aliphatic rings. The van der Waals surface area contributed by atoms with Gasteiger partial charge in [0.15, 0.2) is 0 Å². The standard InChI is InChI=1S/C15H16N2O/c1-12-5-3-7-14(16-12)10-9-13-6-4-8-15(11-13)17-18-2/h3,5,7,11H,4,6,8H2,1-2H3/b17-15-. The fourth-order valence-electron chi connectivity index (χ4n) is 1.85. The Hall–Kier alpha value is -2.08. The van der Waals surface area contributed by atoms with Gasteiger partial charge < -0.3 is 4.84 Å². The van der Waals surface area contributed by atoms with E-state index in [1.807, 2.05) is 31.2 Å². The van der Waals surface area contributed by atoms with Crippen molar-refractivity contribution in [2.75, 3.05) is 7.11 Å². The fourth-order valence-corrected chi connectivity index (χ4v) is 1.85. The monoisotopic (exact) mass is 240 g/mol. The van der Waals surface area contributed by atoms with E-state index >= 15 is 0 Å². The Balaban J connectivity index is 2.17. The maximum atomic E-state index is 4.79. The van der Waals surface area contributed by atoms with Gasteiger partial charge in [-0.1, -0.05) is 17.1 Å². The van der Waals surface area contributed by atoms with Gasteiger partial charge in [0.2, 0.25) is 0 Å². The molecule has 0 unspecified atom stereocenters. The van der Waals surface area contributed by atoms with Crippen molar-refractivity contribution in [2.24, 2.45) is 5.16 Å². The summed E-state index contributed by atoms with van der Waals surface area (Å²) in [5.74, 6) is 6.26. The molecule has 0 aromatic carbocycles. The number of pyridine rings is 1. The Morgan fingerprint density at radius 1 is 1.28 bits per heavy atom. The van der Waals surface area contributed by atoms with Gasteiger partial charge in [0.05, 0.1) is 5.71 Å². The van der Waals surface area contributed by atoms with Crippen molar-refractivity contribution >= 4 is 5.71 Å². The lowest BCUT2D eigenvalue weighted by Gasteiger charge is -2.08. The molecule has 3 nitrogen and oxygen atoms in total. The minimum absolute atomic E-state index is 0.812. The zero-order valence-electron chi connectivity index (χ0n) is 10.7. The maximum Gasteiger partial charge on any atom is 0.113 e. The molecular formula is C15H16N2O. The molecule has 1 aromatic rings. The number of nitrogens with zero attached hydrogens (tertiary/aromatic N) is 2. The van der Waals surface area contributed by atoms with Gasteiger partial charge in [-0.05, 0) is 50.3 Å². The Morgan fingerprint density at radius 2 is 2.17 bits per heavy atom. The second-order valence-corrected chi connectivity index (χ2v) is 4.20. The zero-order valence-corrected chi connectivity index (χ0v) is 10.7. The van der Waals surface area contributed by atoms with Crippen LogP contribution in [-0.4, -0.2) is 17.8 Å². The normalized spacial score (nSPS) is 16.8. The van der Waals surface area contributed by atoms with E-state index in [0.717, 1.165) is 41.9 Å². The second-order valence-electron chi connectivity index (χ2n) is 4.20. The van der Waals surface area contributed by atoms with Crippen molar-refractivity contribution in [3.05, 3.63) is 41.2 Å². The van der Waals surface area contributed by atoms with Crippen LogP contribution in [0.3, 0.4) is 0 Å². The first kappa shape index (κ1) is 12.4. The number of aryl methyl sites for hydroxylation is 1. The molecule has 0 atom stereocenters. The van der Waals surface area contributed by atoms with Crippen LogP contribution in [0.2, 0.25) is 0 Å². The quantitative estimate of drug-likeness (QED) is 0.559. The predicted octanol–water partition coefficient (Wildman–Crippen LogP) is 2.85. The van der Waals surface area contributed by atoms with Crippen LogP contribution in [0.25, 0.3) is 0 Å². The molecule has 0 N–H and O–H groups in total. The summed E-state index contributed by atoms with van der Waals surface area (Å²) in [5, 5.41) is 3.96. The van der Waals surface area contributed by atoms with E-state index in [1.54, 1.807) is 7.11 Å². The van der Waals surface area contributed by atoms with Crippen molar-refractivity contribution in [1.29, 1.82) is 0 Å². The van der Waals surface area contributed by atoms with E-state index in [4.69, 9.17) is 4.84 Å². The van der Waals surface area contributed by atoms with Crippen molar-refractivity contribution in [3.63, 3.8) is 0 Å². The third-order valence-electron chi connectivity index (χ3n) is 2.67. The molecule has 3 heteroatoms. The molecule has 1 aromatic heterocycles. The van der Waals surface area contributed by atoms with Gasteiger partial charge in [0.1, 0.15) is 12.8 Å². The summed E-state index contributed by atoms with van der Waals surface area (Å²) in [6.07, 6.45) is 5.04. The molecule has 1 aliphatic carbocycles. The zero-order chi connectivity index (χ0) is 12.8. The predicted molar refractivity (Wildman–Crippen MR) is 72.2 cm³/mol. The van der Waals surface area contributed by atoms with Crippen LogP contribution in [0.1, 0.15) is 30.7 Å². The van der Waals surface area contributed by atoms with Crippen molar-refractivity contribution in [1.82, 2.24) is 4.98 Å². The SMILES string of the molecule is CO/N=C1\C=C(C#Cc2cccc(C)n2)CCC1. The molecule has 0 radical (unpaired) electrons. The molecule has 1 heterocycles. The van der Waals surface area contributed by atoms with Crippen LogP contribution in [0.15, 0.2) is 35.0 Å². The Labute approximate surface area is 108 Å². The van der Waals surface area contributed by atoms with Crippen LogP contribution in [-0.2, 0) is 4.84 Å². The molecule has 18 heavy (non-hydrogen) atoms. The molecule has 0 amide bonds. The van der Waals surface area contributed by atoms with Crippen molar-refractivity contribution < 1.29 is 4.84 Å². The minimum Gasteiger partial charge on any atom is -0.399 e. The lowest BCUT2D eigenvalue weighted by atomic mass is 9.98. The number of hydrogen-bond acceptors (Lipinski definition) is 3. The molecule has 0 spiro atoms. The third-order valence-corrected chi connectivity index (χ3v) is 2.67. The van der Waals surface area contributed by atoms with Gasteiger partial charge in [-0.15, -0.1) is 0 Å². The third kappa shape index (κ3) is 3.46. The highest BCUT2D eigenvalue weighted by Crippen LogP contribution is 2.15. The number of hydrogen-bond donors (Lipinski definition) is 0. The first-order valence-electron chi connectivity index (χ1n) is 6.04. The maximum absolute atomic E-state index is 4.79. The van der Waals surface area contributed by atoms with Gasteiger partial charge in [-0.25, -0.2) is 4.98 Å². The van der Waals surface area contributed by atoms with Crippen LogP contribution >= 0.6 is 0 Å². The van der Waals surface area contributed by atoms with Crippen LogP contribution < -0.4 is 0 Å². The fraction of sp³-hybridized carbons (Fsp3) is 0.333. The van der Waals surface area contributed by atoms with Crippen LogP contribution in [0.5, 0.6) is 0 Å². The van der Waals surface area contributed by atoms with E-state index < -0.39 is 0 Å². The molecule has 0 saturated carbocycles. The van der Waals surface area contributed by atoms with E-state index in [2.05, 4.69) is 22.0 Å². The molecule has 92 valence electrons. The van der Waals surface area contributed by atoms with Gasteiger partial charge in [0.25, 0.3) is 0 Å². The van der Waals surface area contributed by atoms with Gasteiger partial charge >= 0.3 is 0 Å². The van der Waals surface area contributed by atoms with E-state index in [1.165, 1.54) is 0 Å². The summed E-state index contributed by atoms with van der Waals surface area (Å²) in [6.45, 7) is 1.97. The van der Waals surface area contributed by atoms with Crippen molar-refractivity contribution in [2.45, 2.75) is 26.2 Å². The second kappa shape index (κ2) is 6.02. The van der Waals surface area contributed by atoms with E-state index in [9.17, 15) is 0 Å². The lowest BCUT2D eigenvalue weighted by molar-refractivity contribution is 0.213. The molecular weight excluding hydrogens is 224 g/mol. The Kier molecular flexibility index (Phi) is 4.14. The van der Waals surface area contributed by atoms with Crippen LogP contribution in [0, 0.1) is 18.8 Å². The lowest BCUT2D eigenvalue weighted by Crippen LogP contribution is -2.03. The highest BCUT2D eigenvalue weighted by atomic mass is 16.6. The van der Waals surface area contributed by atoms with E-state index in [0.29, 0.717) is 0 Å². The summed E-state index contributed by atoms with van der Waals surface area (Å²) >= 11 is 0. The molecule has 2 rings (SSSR count). The topological polar surface area (TPSA) is 34.5 Å². The van der Waals surface area contributed by atoms with Gasteiger partial charge in [-0.2, -0.15) is 0 Å². The van der Waals surface area contributed by atoms with E-state index in [-0.39, 0.29) is 0 Å². The smallest absolute Gasteiger partial charge is 0.113 e. The van der Waals surface area contributed by atoms with Crippen LogP contribution in [0.4, 0.5) is 0 Å². The Bertz CT molecular complexity index is 547. The first-order chi connectivity index (χ1) is 8.78. The van der Waals surface area contributed by atoms with Gasteiger partial charge in [-0.3, -0.25) is 0 Å². The highest BCUT2D eigenvalue weighted by molar-refractivity contribution is 5.96. The molecule has 0 bridgehead atoms. The van der Waals surface area contributed by atoms with Gasteiger partial charge in [0, 0.05) is 11.3 Å². The number of aromatic nitrogens is 1. The summed E-state index contributed by atoms with van der Waals surface area (Å²) in [7, 11) is 1.57. The molecule has 0 saturated heterocycles. The summed E-state index contributed by atoms with van der Waals surface area (Å²) in [4.78, 5) is 9.15. The summed E-state index contributed by atoms with van der Waals surface area (Å²) < 4.78 is 0. The average molecular weight is 240 g/mol. The molecule has 0 aliphatic heterocycles. The number of allylic oxidation sites excluding steroid dienone is 2. The Morgan fingerprint density at radius 3 is 2.94 bits per heavy atom. The summed E-state index contributed by atoms with van der Waals surface area (Å²) in [6, 6.07) is 5.86. The number of oxime groups is 1. The summed E-state index contributed by atoms with van der Waals surface area (Å²) in [5.41, 5.74) is 3.86. The average Bonchev–Trinajstić information content (AvgIpc) is 2.37. The first-order valence-corrected chi connectivity index (χ1v) is 6.04. The minimum atomic E-state index is 0.812. The highest BCUT2D eigenvalue weighted by Gasteiger charge is 2.07. The van der Waals surface area contributed by atoms with Crippen molar-refractivity contribution in [3.8, 4) is 11.8 Å².